The van der Waals surface area contributed by atoms with E-state index in [1.54, 1.807) is 11.8 Å². The third-order valence-corrected chi connectivity index (χ3v) is 3.06. The highest BCUT2D eigenvalue weighted by atomic mass is 32.2. The van der Waals surface area contributed by atoms with Crippen LogP contribution in [0.25, 0.3) is 0 Å². The van der Waals surface area contributed by atoms with E-state index in [9.17, 15) is 18.0 Å². The number of hydrogen-bond acceptors (Lipinski definition) is 2. The minimum atomic E-state index is -4.74. The Labute approximate surface area is 78.3 Å². The molecule has 0 saturated carbocycles. The number of carbonyl (C=O) groups excluding carboxylic acids is 1. The SMILES string of the molecule is O=C(NCC1CCSC1)C(F)(F)F. The van der Waals surface area contributed by atoms with Gasteiger partial charge in [0.15, 0.2) is 0 Å². The second kappa shape index (κ2) is 4.21. The van der Waals surface area contributed by atoms with Crippen molar-refractivity contribution in [3.63, 3.8) is 0 Å². The third kappa shape index (κ3) is 3.46. The van der Waals surface area contributed by atoms with Gasteiger partial charge < -0.3 is 5.32 Å². The van der Waals surface area contributed by atoms with E-state index in [2.05, 4.69) is 0 Å². The molecule has 1 fully saturated rings. The zero-order valence-corrected chi connectivity index (χ0v) is 7.67. The van der Waals surface area contributed by atoms with E-state index in [1.165, 1.54) is 0 Å². The van der Waals surface area contributed by atoms with Crippen LogP contribution in [-0.4, -0.2) is 30.1 Å². The molecule has 6 heteroatoms. The van der Waals surface area contributed by atoms with Gasteiger partial charge in [-0.15, -0.1) is 0 Å². The van der Waals surface area contributed by atoms with Crippen LogP contribution in [0.3, 0.4) is 0 Å². The molecular formula is C7H10F3NOS. The van der Waals surface area contributed by atoms with Gasteiger partial charge in [-0.25, -0.2) is 0 Å². The van der Waals surface area contributed by atoms with Crippen LogP contribution >= 0.6 is 11.8 Å². The van der Waals surface area contributed by atoms with Crippen molar-refractivity contribution >= 4 is 17.7 Å². The largest absolute Gasteiger partial charge is 0.471 e. The summed E-state index contributed by atoms with van der Waals surface area (Å²) in [7, 11) is 0. The molecule has 1 unspecified atom stereocenters. The number of hydrogen-bond donors (Lipinski definition) is 1. The van der Waals surface area contributed by atoms with Gasteiger partial charge in [-0.1, -0.05) is 0 Å². The summed E-state index contributed by atoms with van der Waals surface area (Å²) in [5.41, 5.74) is 0. The molecule has 0 aliphatic carbocycles. The van der Waals surface area contributed by atoms with E-state index in [4.69, 9.17) is 0 Å². The molecule has 2 nitrogen and oxygen atoms in total. The standard InChI is InChI=1S/C7H10F3NOS/c8-7(9,10)6(12)11-3-5-1-2-13-4-5/h5H,1-4H2,(H,11,12). The molecule has 0 bridgehead atoms. The van der Waals surface area contributed by atoms with Crippen molar-refractivity contribution in [2.45, 2.75) is 12.6 Å². The fourth-order valence-electron chi connectivity index (χ4n) is 1.08. The van der Waals surface area contributed by atoms with Gasteiger partial charge in [0.05, 0.1) is 0 Å². The van der Waals surface area contributed by atoms with Crippen molar-refractivity contribution in [1.29, 1.82) is 0 Å². The monoisotopic (exact) mass is 213 g/mol. The van der Waals surface area contributed by atoms with E-state index in [0.29, 0.717) is 0 Å². The summed E-state index contributed by atoms with van der Waals surface area (Å²) in [4.78, 5) is 10.4. The van der Waals surface area contributed by atoms with Gasteiger partial charge >= 0.3 is 12.1 Å². The van der Waals surface area contributed by atoms with E-state index in [0.717, 1.165) is 17.9 Å². The Kier molecular flexibility index (Phi) is 3.47. The number of rotatable bonds is 2. The maximum Gasteiger partial charge on any atom is 0.471 e. The summed E-state index contributed by atoms with van der Waals surface area (Å²) in [6, 6.07) is 0. The number of thioether (sulfide) groups is 1. The molecular weight excluding hydrogens is 203 g/mol. The molecule has 1 amide bonds. The highest BCUT2D eigenvalue weighted by Gasteiger charge is 2.38. The lowest BCUT2D eigenvalue weighted by molar-refractivity contribution is -0.173. The second-order valence-electron chi connectivity index (χ2n) is 2.94. The lowest BCUT2D eigenvalue weighted by Gasteiger charge is -2.11. The molecule has 0 aromatic rings. The Hall–Kier alpha value is -0.390. The number of amides is 1. The first-order valence-electron chi connectivity index (χ1n) is 3.93. The number of halogens is 3. The summed E-state index contributed by atoms with van der Waals surface area (Å²) in [6.45, 7) is 0.144. The normalized spacial score (nSPS) is 23.2. The van der Waals surface area contributed by atoms with E-state index >= 15 is 0 Å². The lowest BCUT2D eigenvalue weighted by atomic mass is 10.1. The van der Waals surface area contributed by atoms with Gasteiger partial charge in [-0.3, -0.25) is 4.79 Å². The summed E-state index contributed by atoms with van der Waals surface area (Å²) in [6.07, 6.45) is -3.85. The maximum absolute atomic E-state index is 11.7. The van der Waals surface area contributed by atoms with Gasteiger partial charge in [-0.2, -0.15) is 24.9 Å². The van der Waals surface area contributed by atoms with Crippen LogP contribution in [0.1, 0.15) is 6.42 Å². The quantitative estimate of drug-likeness (QED) is 0.751. The Morgan fingerprint density at radius 2 is 2.23 bits per heavy atom. The van der Waals surface area contributed by atoms with Gasteiger partial charge in [0.25, 0.3) is 0 Å². The topological polar surface area (TPSA) is 29.1 Å². The molecule has 1 heterocycles. The molecule has 1 aliphatic heterocycles. The molecule has 1 rings (SSSR count). The van der Waals surface area contributed by atoms with Crippen LogP contribution in [0, 0.1) is 5.92 Å². The molecule has 1 atom stereocenters. The third-order valence-electron chi connectivity index (χ3n) is 1.83. The van der Waals surface area contributed by atoms with Crippen molar-refractivity contribution in [1.82, 2.24) is 5.32 Å². The fourth-order valence-corrected chi connectivity index (χ4v) is 2.37. The average Bonchev–Trinajstić information content (AvgIpc) is 2.50. The van der Waals surface area contributed by atoms with Crippen LogP contribution in [0.15, 0.2) is 0 Å². The van der Waals surface area contributed by atoms with Crippen molar-refractivity contribution in [2.75, 3.05) is 18.1 Å². The van der Waals surface area contributed by atoms with Gasteiger partial charge in [-0.05, 0) is 23.8 Å². The fraction of sp³-hybridized carbons (Fsp3) is 0.857. The molecule has 1 aliphatic rings. The first kappa shape index (κ1) is 10.7. The van der Waals surface area contributed by atoms with Crippen molar-refractivity contribution < 1.29 is 18.0 Å². The summed E-state index contributed by atoms with van der Waals surface area (Å²) in [5, 5.41) is 1.89. The molecule has 1 saturated heterocycles. The Bertz CT molecular complexity index is 189. The van der Waals surface area contributed by atoms with Gasteiger partial charge in [0, 0.05) is 6.54 Å². The van der Waals surface area contributed by atoms with Crippen LogP contribution in [-0.2, 0) is 4.79 Å². The molecule has 0 radical (unpaired) electrons. The van der Waals surface area contributed by atoms with E-state index in [1.807, 2.05) is 5.32 Å². The van der Waals surface area contributed by atoms with Crippen molar-refractivity contribution in [3.8, 4) is 0 Å². The average molecular weight is 213 g/mol. The Balaban J connectivity index is 2.22. The summed E-state index contributed by atoms with van der Waals surface area (Å²) < 4.78 is 35.1. The van der Waals surface area contributed by atoms with Crippen LogP contribution in [0.5, 0.6) is 0 Å². The number of alkyl halides is 3. The maximum atomic E-state index is 11.7. The molecule has 76 valence electrons. The molecule has 0 aromatic carbocycles. The van der Waals surface area contributed by atoms with Gasteiger partial charge in [0.1, 0.15) is 0 Å². The minimum Gasteiger partial charge on any atom is -0.348 e. The minimum absolute atomic E-state index is 0.144. The Morgan fingerprint density at radius 3 is 2.69 bits per heavy atom. The summed E-state index contributed by atoms with van der Waals surface area (Å²) >= 11 is 1.71. The van der Waals surface area contributed by atoms with Crippen LogP contribution in [0.2, 0.25) is 0 Å². The van der Waals surface area contributed by atoms with Crippen molar-refractivity contribution in [2.24, 2.45) is 5.92 Å². The predicted molar refractivity (Wildman–Crippen MR) is 44.5 cm³/mol. The predicted octanol–water partition coefficient (Wildman–Crippen LogP) is 1.42. The number of carbonyl (C=O) groups is 1. The van der Waals surface area contributed by atoms with E-state index < -0.39 is 12.1 Å². The van der Waals surface area contributed by atoms with Crippen LogP contribution < -0.4 is 5.32 Å². The first-order valence-corrected chi connectivity index (χ1v) is 5.08. The highest BCUT2D eigenvalue weighted by Crippen LogP contribution is 2.23. The van der Waals surface area contributed by atoms with E-state index in [-0.39, 0.29) is 12.5 Å². The summed E-state index contributed by atoms with van der Waals surface area (Å²) in [5.74, 6) is 0.200. The zero-order valence-electron chi connectivity index (χ0n) is 6.86. The van der Waals surface area contributed by atoms with Gasteiger partial charge in [0.2, 0.25) is 0 Å². The Morgan fingerprint density at radius 1 is 1.54 bits per heavy atom. The smallest absolute Gasteiger partial charge is 0.348 e. The molecule has 13 heavy (non-hydrogen) atoms. The van der Waals surface area contributed by atoms with Crippen LogP contribution in [0.4, 0.5) is 13.2 Å². The van der Waals surface area contributed by atoms with Crippen molar-refractivity contribution in [3.05, 3.63) is 0 Å². The molecule has 0 aromatic heterocycles. The lowest BCUT2D eigenvalue weighted by Crippen LogP contribution is -2.39. The zero-order chi connectivity index (χ0) is 9.90. The number of nitrogens with one attached hydrogen (secondary N) is 1. The second-order valence-corrected chi connectivity index (χ2v) is 4.09. The highest BCUT2D eigenvalue weighted by molar-refractivity contribution is 7.99. The molecule has 0 spiro atoms. The molecule has 1 N–H and O–H groups in total. The first-order chi connectivity index (χ1) is 6.00.